The van der Waals surface area contributed by atoms with Crippen LogP contribution in [0.5, 0.6) is 0 Å². The second kappa shape index (κ2) is 3.72. The minimum absolute atomic E-state index is 0.0744. The summed E-state index contributed by atoms with van der Waals surface area (Å²) in [5, 5.41) is 11.4. The molecule has 0 radical (unpaired) electrons. The Balaban J connectivity index is 1.93. The van der Waals surface area contributed by atoms with Crippen LogP contribution < -0.4 is 5.32 Å². The Morgan fingerprint density at radius 1 is 1.33 bits per heavy atom. The van der Waals surface area contributed by atoms with E-state index in [9.17, 15) is 9.59 Å². The minimum Gasteiger partial charge on any atom is -0.480 e. The Labute approximate surface area is 87.8 Å². The van der Waals surface area contributed by atoms with E-state index in [2.05, 4.69) is 10.1 Å². The molecule has 1 unspecified atom stereocenters. The third-order valence-corrected chi connectivity index (χ3v) is 3.48. The highest BCUT2D eigenvalue weighted by atomic mass is 16.5. The van der Waals surface area contributed by atoms with E-state index in [-0.39, 0.29) is 5.92 Å². The highest BCUT2D eigenvalue weighted by Crippen LogP contribution is 2.55. The van der Waals surface area contributed by atoms with Crippen molar-refractivity contribution < 1.29 is 19.4 Å². The van der Waals surface area contributed by atoms with Gasteiger partial charge in [-0.25, -0.2) is 9.59 Å². The number of hydrogen-bond donors (Lipinski definition) is 2. The van der Waals surface area contributed by atoms with Gasteiger partial charge in [-0.05, 0) is 37.0 Å². The number of carbonyl (C=O) groups excluding carboxylic acids is 1. The van der Waals surface area contributed by atoms with Crippen molar-refractivity contribution in [1.29, 1.82) is 0 Å². The summed E-state index contributed by atoms with van der Waals surface area (Å²) in [7, 11) is 1.24. The van der Waals surface area contributed by atoms with E-state index in [1.165, 1.54) is 13.5 Å². The zero-order valence-corrected chi connectivity index (χ0v) is 8.60. The van der Waals surface area contributed by atoms with Crippen molar-refractivity contribution in [3.05, 3.63) is 0 Å². The molecule has 5 nitrogen and oxygen atoms in total. The van der Waals surface area contributed by atoms with Crippen LogP contribution in [0.1, 0.15) is 19.3 Å². The van der Waals surface area contributed by atoms with Crippen LogP contribution in [0.4, 0.5) is 4.79 Å². The third-order valence-electron chi connectivity index (χ3n) is 3.48. The van der Waals surface area contributed by atoms with E-state index >= 15 is 0 Å². The van der Waals surface area contributed by atoms with Gasteiger partial charge in [0.15, 0.2) is 0 Å². The quantitative estimate of drug-likeness (QED) is 0.728. The van der Waals surface area contributed by atoms with Gasteiger partial charge in [0.2, 0.25) is 0 Å². The van der Waals surface area contributed by atoms with Crippen LogP contribution in [0, 0.1) is 17.8 Å². The Kier molecular flexibility index (Phi) is 2.54. The zero-order chi connectivity index (χ0) is 11.0. The molecule has 2 saturated carbocycles. The number of nitrogens with one attached hydrogen (secondary N) is 1. The van der Waals surface area contributed by atoms with Crippen LogP contribution in [-0.4, -0.2) is 30.3 Å². The van der Waals surface area contributed by atoms with E-state index in [1.54, 1.807) is 0 Å². The van der Waals surface area contributed by atoms with E-state index in [4.69, 9.17) is 5.11 Å². The van der Waals surface area contributed by atoms with E-state index in [1.807, 2.05) is 0 Å². The summed E-state index contributed by atoms with van der Waals surface area (Å²) in [6.45, 7) is 0. The van der Waals surface area contributed by atoms with Crippen LogP contribution in [0.2, 0.25) is 0 Å². The predicted octanol–water partition coefficient (Wildman–Crippen LogP) is 0.842. The standard InChI is InChI=1S/C10H15NO4/c1-15-10(14)11-8(9(12)13)7-3-5-2-6(5)4-7/h5-8H,2-4H2,1H3,(H,11,14)(H,12,13)/t5-,6+,7+,8?. The van der Waals surface area contributed by atoms with Gasteiger partial charge in [0.25, 0.3) is 0 Å². The Bertz CT molecular complexity index is 281. The second-order valence-electron chi connectivity index (χ2n) is 4.44. The van der Waals surface area contributed by atoms with Crippen molar-refractivity contribution in [3.8, 4) is 0 Å². The summed E-state index contributed by atoms with van der Waals surface area (Å²) in [6.07, 6.45) is 2.42. The molecule has 2 rings (SSSR count). The SMILES string of the molecule is COC(=O)NC(C(=O)O)[C@@H]1C[C@@H]2C[C@@H]2C1. The maximum Gasteiger partial charge on any atom is 0.407 e. The average molecular weight is 213 g/mol. The maximum absolute atomic E-state index is 11.0. The first-order valence-corrected chi connectivity index (χ1v) is 5.19. The summed E-state index contributed by atoms with van der Waals surface area (Å²) >= 11 is 0. The van der Waals surface area contributed by atoms with Crippen LogP contribution in [0.25, 0.3) is 0 Å². The fourth-order valence-electron chi connectivity index (χ4n) is 2.60. The first-order chi connectivity index (χ1) is 7.11. The van der Waals surface area contributed by atoms with Crippen molar-refractivity contribution in [2.24, 2.45) is 17.8 Å². The summed E-state index contributed by atoms with van der Waals surface area (Å²) in [5.74, 6) is 0.518. The Hall–Kier alpha value is -1.26. The number of hydrogen-bond acceptors (Lipinski definition) is 3. The number of rotatable bonds is 3. The largest absolute Gasteiger partial charge is 0.480 e. The Morgan fingerprint density at radius 2 is 1.93 bits per heavy atom. The highest BCUT2D eigenvalue weighted by Gasteiger charge is 2.49. The molecule has 5 heteroatoms. The molecule has 4 atom stereocenters. The van der Waals surface area contributed by atoms with Crippen LogP contribution >= 0.6 is 0 Å². The number of amides is 1. The lowest BCUT2D eigenvalue weighted by Gasteiger charge is -2.21. The van der Waals surface area contributed by atoms with Crippen molar-refractivity contribution in [1.82, 2.24) is 5.32 Å². The van der Waals surface area contributed by atoms with Gasteiger partial charge in [0, 0.05) is 0 Å². The zero-order valence-electron chi connectivity index (χ0n) is 8.60. The number of aliphatic carboxylic acids is 1. The number of fused-ring (bicyclic) bond motifs is 1. The first-order valence-electron chi connectivity index (χ1n) is 5.19. The average Bonchev–Trinajstić information content (AvgIpc) is 2.81. The Morgan fingerprint density at radius 3 is 2.40 bits per heavy atom. The predicted molar refractivity (Wildman–Crippen MR) is 51.3 cm³/mol. The van der Waals surface area contributed by atoms with Gasteiger partial charge in [0.1, 0.15) is 6.04 Å². The van der Waals surface area contributed by atoms with Gasteiger partial charge in [-0.15, -0.1) is 0 Å². The van der Waals surface area contributed by atoms with E-state index in [0.29, 0.717) is 11.8 Å². The molecule has 0 heterocycles. The fourth-order valence-corrected chi connectivity index (χ4v) is 2.60. The number of carboxylic acid groups (broad SMARTS) is 1. The lowest BCUT2D eigenvalue weighted by molar-refractivity contribution is -0.140. The lowest BCUT2D eigenvalue weighted by Crippen LogP contribution is -2.45. The minimum atomic E-state index is -0.966. The number of carboxylic acids is 1. The molecular formula is C10H15NO4. The normalized spacial score (nSPS) is 34.1. The second-order valence-corrected chi connectivity index (χ2v) is 4.44. The highest BCUT2D eigenvalue weighted by molar-refractivity contribution is 5.80. The van der Waals surface area contributed by atoms with Crippen molar-refractivity contribution >= 4 is 12.1 Å². The number of carbonyl (C=O) groups is 2. The van der Waals surface area contributed by atoms with Gasteiger partial charge in [-0.3, -0.25) is 0 Å². The molecule has 0 bridgehead atoms. The van der Waals surface area contributed by atoms with Crippen LogP contribution in [-0.2, 0) is 9.53 Å². The molecule has 0 spiro atoms. The van der Waals surface area contributed by atoms with Crippen molar-refractivity contribution in [3.63, 3.8) is 0 Å². The van der Waals surface area contributed by atoms with Gasteiger partial charge < -0.3 is 15.2 Å². The summed E-state index contributed by atoms with van der Waals surface area (Å²) in [5.41, 5.74) is 0. The smallest absolute Gasteiger partial charge is 0.407 e. The number of methoxy groups -OCH3 is 1. The molecule has 15 heavy (non-hydrogen) atoms. The molecule has 0 saturated heterocycles. The molecule has 84 valence electrons. The molecule has 0 aliphatic heterocycles. The first kappa shape index (κ1) is 10.3. The molecule has 0 aromatic heterocycles. The molecule has 2 N–H and O–H groups in total. The third kappa shape index (κ3) is 2.06. The van der Waals surface area contributed by atoms with Gasteiger partial charge in [0.05, 0.1) is 7.11 Å². The van der Waals surface area contributed by atoms with Gasteiger partial charge >= 0.3 is 12.1 Å². The van der Waals surface area contributed by atoms with Gasteiger partial charge in [-0.1, -0.05) is 0 Å². The molecule has 0 aromatic rings. The maximum atomic E-state index is 11.0. The topological polar surface area (TPSA) is 75.6 Å². The van der Waals surface area contributed by atoms with Crippen LogP contribution in [0.3, 0.4) is 0 Å². The molecule has 2 aliphatic carbocycles. The monoisotopic (exact) mass is 213 g/mol. The van der Waals surface area contributed by atoms with Crippen LogP contribution in [0.15, 0.2) is 0 Å². The van der Waals surface area contributed by atoms with Crippen molar-refractivity contribution in [2.75, 3.05) is 7.11 Å². The van der Waals surface area contributed by atoms with Crippen molar-refractivity contribution in [2.45, 2.75) is 25.3 Å². The summed E-state index contributed by atoms with van der Waals surface area (Å²) in [4.78, 5) is 22.0. The summed E-state index contributed by atoms with van der Waals surface area (Å²) < 4.78 is 4.42. The molecule has 2 aliphatic rings. The number of alkyl carbamates (subject to hydrolysis) is 1. The molecule has 0 aromatic carbocycles. The van der Waals surface area contributed by atoms with Gasteiger partial charge in [-0.2, -0.15) is 0 Å². The number of ether oxygens (including phenoxy) is 1. The molecular weight excluding hydrogens is 198 g/mol. The molecule has 1 amide bonds. The van der Waals surface area contributed by atoms with E-state index in [0.717, 1.165) is 12.8 Å². The fraction of sp³-hybridized carbons (Fsp3) is 0.800. The lowest BCUT2D eigenvalue weighted by atomic mass is 9.94. The summed E-state index contributed by atoms with van der Waals surface area (Å²) in [6, 6.07) is -0.787. The molecule has 2 fully saturated rings. The van der Waals surface area contributed by atoms with E-state index < -0.39 is 18.1 Å².